The van der Waals surface area contributed by atoms with Crippen LogP contribution in [-0.4, -0.2) is 24.9 Å². The zero-order chi connectivity index (χ0) is 14.5. The fourth-order valence-corrected chi connectivity index (χ4v) is 2.18. The van der Waals surface area contributed by atoms with Crippen LogP contribution in [0.1, 0.15) is 18.5 Å². The van der Waals surface area contributed by atoms with Crippen molar-refractivity contribution in [3.63, 3.8) is 0 Å². The summed E-state index contributed by atoms with van der Waals surface area (Å²) in [7, 11) is 0. The van der Waals surface area contributed by atoms with Crippen molar-refractivity contribution in [2.24, 2.45) is 0 Å². The van der Waals surface area contributed by atoms with Gasteiger partial charge in [-0.25, -0.2) is 0 Å². The number of rotatable bonds is 6. The lowest BCUT2D eigenvalue weighted by Gasteiger charge is -2.15. The second-order valence-corrected chi connectivity index (χ2v) is 4.83. The normalized spacial score (nSPS) is 14.0. The van der Waals surface area contributed by atoms with E-state index in [1.54, 1.807) is 12.4 Å². The van der Waals surface area contributed by atoms with E-state index in [-0.39, 0.29) is 6.04 Å². The lowest BCUT2D eigenvalue weighted by molar-refractivity contribution is 0.174. The fourth-order valence-electron chi connectivity index (χ4n) is 2.18. The van der Waals surface area contributed by atoms with Crippen molar-refractivity contribution in [2.75, 3.05) is 19.9 Å². The first kappa shape index (κ1) is 13.7. The lowest BCUT2D eigenvalue weighted by Crippen LogP contribution is -2.24. The maximum Gasteiger partial charge on any atom is 0.231 e. The molecule has 0 spiro atoms. The first-order valence-electron chi connectivity index (χ1n) is 6.99. The number of aromatic nitrogens is 1. The Bertz CT molecular complexity index is 589. The van der Waals surface area contributed by atoms with Crippen molar-refractivity contribution in [1.82, 2.24) is 10.3 Å². The molecule has 0 radical (unpaired) electrons. The molecule has 1 N–H and O–H groups in total. The summed E-state index contributed by atoms with van der Waals surface area (Å²) in [6.45, 7) is 3.77. The molecule has 2 heterocycles. The van der Waals surface area contributed by atoms with Crippen molar-refractivity contribution in [1.29, 1.82) is 0 Å². The monoisotopic (exact) mass is 286 g/mol. The van der Waals surface area contributed by atoms with Gasteiger partial charge in [-0.3, -0.25) is 4.98 Å². The van der Waals surface area contributed by atoms with Crippen LogP contribution >= 0.6 is 0 Å². The molecule has 1 aliphatic heterocycles. The van der Waals surface area contributed by atoms with Gasteiger partial charge in [0.05, 0.1) is 6.20 Å². The van der Waals surface area contributed by atoms with Gasteiger partial charge >= 0.3 is 0 Å². The number of hydrogen-bond donors (Lipinski definition) is 1. The van der Waals surface area contributed by atoms with Crippen LogP contribution in [-0.2, 0) is 0 Å². The van der Waals surface area contributed by atoms with Gasteiger partial charge in [-0.2, -0.15) is 0 Å². The summed E-state index contributed by atoms with van der Waals surface area (Å²) >= 11 is 0. The molecule has 21 heavy (non-hydrogen) atoms. The minimum atomic E-state index is 0.219. The van der Waals surface area contributed by atoms with E-state index in [0.29, 0.717) is 13.4 Å². The largest absolute Gasteiger partial charge is 0.491 e. The van der Waals surface area contributed by atoms with Crippen LogP contribution in [0.15, 0.2) is 42.7 Å². The van der Waals surface area contributed by atoms with Crippen molar-refractivity contribution < 1.29 is 14.2 Å². The van der Waals surface area contributed by atoms with Crippen molar-refractivity contribution >= 4 is 0 Å². The van der Waals surface area contributed by atoms with Gasteiger partial charge in [-0.05, 0) is 36.8 Å². The van der Waals surface area contributed by atoms with Crippen LogP contribution in [0.4, 0.5) is 0 Å². The van der Waals surface area contributed by atoms with E-state index in [1.165, 1.54) is 5.56 Å². The minimum absolute atomic E-state index is 0.219. The molecule has 3 rings (SSSR count). The molecule has 0 bridgehead atoms. The van der Waals surface area contributed by atoms with Gasteiger partial charge in [0.2, 0.25) is 6.79 Å². The number of ether oxygens (including phenoxy) is 3. The Hall–Kier alpha value is -2.27. The third kappa shape index (κ3) is 3.44. The van der Waals surface area contributed by atoms with E-state index in [9.17, 15) is 0 Å². The van der Waals surface area contributed by atoms with E-state index < -0.39 is 0 Å². The summed E-state index contributed by atoms with van der Waals surface area (Å²) in [5.74, 6) is 2.41. The van der Waals surface area contributed by atoms with E-state index >= 15 is 0 Å². The molecule has 0 saturated carbocycles. The highest BCUT2D eigenvalue weighted by atomic mass is 16.7. The van der Waals surface area contributed by atoms with Crippen molar-refractivity contribution in [2.45, 2.75) is 13.0 Å². The molecule has 0 aliphatic carbocycles. The van der Waals surface area contributed by atoms with E-state index in [1.807, 2.05) is 30.3 Å². The van der Waals surface area contributed by atoms with Crippen LogP contribution < -0.4 is 19.5 Å². The SMILES string of the molecule is C[C@H](NCCOc1cccnc1)c1ccc2c(c1)OCO2. The molecule has 2 aromatic rings. The average Bonchev–Trinajstić information content (AvgIpc) is 3.00. The summed E-state index contributed by atoms with van der Waals surface area (Å²) in [5, 5.41) is 3.42. The van der Waals surface area contributed by atoms with Crippen LogP contribution in [0, 0.1) is 0 Å². The molecule has 1 aromatic carbocycles. The van der Waals surface area contributed by atoms with Crippen molar-refractivity contribution in [3.05, 3.63) is 48.3 Å². The van der Waals surface area contributed by atoms with Gasteiger partial charge in [0.25, 0.3) is 0 Å². The lowest BCUT2D eigenvalue weighted by atomic mass is 10.1. The molecule has 0 fully saturated rings. The highest BCUT2D eigenvalue weighted by Gasteiger charge is 2.15. The number of nitrogens with zero attached hydrogens (tertiary/aromatic N) is 1. The summed E-state index contributed by atoms with van der Waals surface area (Å²) < 4.78 is 16.3. The molecule has 5 heteroatoms. The molecule has 1 aromatic heterocycles. The Morgan fingerprint density at radius 1 is 1.29 bits per heavy atom. The molecule has 1 aliphatic rings. The van der Waals surface area contributed by atoms with Crippen molar-refractivity contribution in [3.8, 4) is 17.2 Å². The van der Waals surface area contributed by atoms with Gasteiger partial charge in [0.15, 0.2) is 11.5 Å². The van der Waals surface area contributed by atoms with E-state index in [2.05, 4.69) is 17.2 Å². The summed E-state index contributed by atoms with van der Waals surface area (Å²) in [4.78, 5) is 4.01. The second kappa shape index (κ2) is 6.45. The molecule has 1 atom stereocenters. The van der Waals surface area contributed by atoms with Gasteiger partial charge in [-0.15, -0.1) is 0 Å². The van der Waals surface area contributed by atoms with Gasteiger partial charge in [0.1, 0.15) is 12.4 Å². The maximum absolute atomic E-state index is 5.60. The fraction of sp³-hybridized carbons (Fsp3) is 0.312. The molecule has 0 unspecified atom stereocenters. The molecule has 5 nitrogen and oxygen atoms in total. The number of pyridine rings is 1. The topological polar surface area (TPSA) is 52.6 Å². The molecular formula is C16H18N2O3. The van der Waals surface area contributed by atoms with E-state index in [4.69, 9.17) is 14.2 Å². The zero-order valence-corrected chi connectivity index (χ0v) is 11.9. The standard InChI is InChI=1S/C16H18N2O3/c1-12(13-4-5-15-16(9-13)21-11-20-15)18-7-8-19-14-3-2-6-17-10-14/h2-6,9-10,12,18H,7-8,11H2,1H3/t12-/m0/s1. The number of hydrogen-bond acceptors (Lipinski definition) is 5. The molecular weight excluding hydrogens is 268 g/mol. The highest BCUT2D eigenvalue weighted by Crippen LogP contribution is 2.34. The Kier molecular flexibility index (Phi) is 4.21. The predicted octanol–water partition coefficient (Wildman–Crippen LogP) is 2.54. The van der Waals surface area contributed by atoms with Gasteiger partial charge in [-0.1, -0.05) is 6.07 Å². The number of benzene rings is 1. The first-order chi connectivity index (χ1) is 10.3. The number of fused-ring (bicyclic) bond motifs is 1. The smallest absolute Gasteiger partial charge is 0.231 e. The Morgan fingerprint density at radius 3 is 3.05 bits per heavy atom. The van der Waals surface area contributed by atoms with E-state index in [0.717, 1.165) is 23.8 Å². The highest BCUT2D eigenvalue weighted by molar-refractivity contribution is 5.45. The summed E-state index contributed by atoms with van der Waals surface area (Å²) in [5.41, 5.74) is 1.17. The van der Waals surface area contributed by atoms with Crippen LogP contribution in [0.2, 0.25) is 0 Å². The first-order valence-corrected chi connectivity index (χ1v) is 6.99. The second-order valence-electron chi connectivity index (χ2n) is 4.83. The van der Waals surface area contributed by atoms with Gasteiger partial charge in [0, 0.05) is 18.8 Å². The average molecular weight is 286 g/mol. The maximum atomic E-state index is 5.60. The quantitative estimate of drug-likeness (QED) is 0.827. The molecule has 0 saturated heterocycles. The number of nitrogens with one attached hydrogen (secondary N) is 1. The summed E-state index contributed by atoms with van der Waals surface area (Å²) in [6.07, 6.45) is 3.44. The molecule has 110 valence electrons. The van der Waals surface area contributed by atoms with Crippen LogP contribution in [0.3, 0.4) is 0 Å². The predicted molar refractivity (Wildman–Crippen MR) is 78.7 cm³/mol. The third-order valence-electron chi connectivity index (χ3n) is 3.35. The van der Waals surface area contributed by atoms with Gasteiger partial charge < -0.3 is 19.5 Å². The Morgan fingerprint density at radius 2 is 2.19 bits per heavy atom. The Labute approximate surface area is 123 Å². The van der Waals surface area contributed by atoms with Crippen LogP contribution in [0.5, 0.6) is 17.2 Å². The molecule has 0 amide bonds. The minimum Gasteiger partial charge on any atom is -0.491 e. The zero-order valence-electron chi connectivity index (χ0n) is 11.9. The summed E-state index contributed by atoms with van der Waals surface area (Å²) in [6, 6.07) is 9.99. The Balaban J connectivity index is 1.47. The van der Waals surface area contributed by atoms with Crippen LogP contribution in [0.25, 0.3) is 0 Å². The third-order valence-corrected chi connectivity index (χ3v) is 3.35.